The number of aliphatic hydroxyl groups excluding tert-OH is 4. The molecule has 4 N–H and O–H groups in total. The average molecular weight is 448 g/mol. The molecule has 1 aromatic heterocycles. The Morgan fingerprint density at radius 2 is 1.77 bits per heavy atom. The van der Waals surface area contributed by atoms with Gasteiger partial charge in [0.25, 0.3) is 0 Å². The van der Waals surface area contributed by atoms with Crippen molar-refractivity contribution in [3.05, 3.63) is 64.8 Å². The average Bonchev–Trinajstić information content (AvgIpc) is 3.11. The molecule has 31 heavy (non-hydrogen) atoms. The molecule has 0 amide bonds. The molecule has 2 aromatic carbocycles. The molecule has 7 nitrogen and oxygen atoms in total. The van der Waals surface area contributed by atoms with Gasteiger partial charge in [-0.1, -0.05) is 23.7 Å². The summed E-state index contributed by atoms with van der Waals surface area (Å²) in [5, 5.41) is 41.8. The third-order valence-electron chi connectivity index (χ3n) is 5.66. The molecule has 0 unspecified atom stereocenters. The van der Waals surface area contributed by atoms with Gasteiger partial charge in [0, 0.05) is 34.2 Å². The SMILES string of the molecule is CCOc1ccc(Cn2cc([C@@H]3O[C@H](CO)[C@@H](O)[C@H](O)[C@H]3O)c3cc(Cl)ccc32)cc1. The van der Waals surface area contributed by atoms with Gasteiger partial charge in [-0.25, -0.2) is 0 Å². The molecule has 0 bridgehead atoms. The number of nitrogens with zero attached hydrogens (tertiary/aromatic N) is 1. The Balaban J connectivity index is 1.72. The number of aromatic nitrogens is 1. The second-order valence-corrected chi connectivity index (χ2v) is 8.14. The summed E-state index contributed by atoms with van der Waals surface area (Å²) in [6.45, 7) is 2.62. The first kappa shape index (κ1) is 22.1. The predicted molar refractivity (Wildman–Crippen MR) is 116 cm³/mol. The van der Waals surface area contributed by atoms with Gasteiger partial charge >= 0.3 is 0 Å². The minimum absolute atomic E-state index is 0.479. The van der Waals surface area contributed by atoms with Crippen molar-refractivity contribution in [2.75, 3.05) is 13.2 Å². The van der Waals surface area contributed by atoms with Crippen LogP contribution in [0.3, 0.4) is 0 Å². The normalized spacial score (nSPS) is 26.3. The number of aliphatic hydroxyl groups is 4. The van der Waals surface area contributed by atoms with Gasteiger partial charge in [-0.2, -0.15) is 0 Å². The smallest absolute Gasteiger partial charge is 0.119 e. The molecule has 166 valence electrons. The summed E-state index contributed by atoms with van der Waals surface area (Å²) < 4.78 is 13.3. The Bertz CT molecular complexity index is 1030. The third-order valence-corrected chi connectivity index (χ3v) is 5.90. The van der Waals surface area contributed by atoms with E-state index in [9.17, 15) is 20.4 Å². The summed E-state index contributed by atoms with van der Waals surface area (Å²) >= 11 is 6.23. The molecule has 2 heterocycles. The Hall–Kier alpha value is -2.13. The molecule has 1 saturated heterocycles. The second-order valence-electron chi connectivity index (χ2n) is 7.70. The maximum atomic E-state index is 10.6. The fraction of sp³-hybridized carbons (Fsp3) is 0.391. The predicted octanol–water partition coefficient (Wildman–Crippen LogP) is 2.26. The van der Waals surface area contributed by atoms with Crippen LogP contribution in [0.4, 0.5) is 0 Å². The molecule has 1 aliphatic heterocycles. The third kappa shape index (κ3) is 4.30. The molecule has 0 aliphatic carbocycles. The zero-order valence-electron chi connectivity index (χ0n) is 17.1. The van der Waals surface area contributed by atoms with Gasteiger partial charge in [-0.3, -0.25) is 0 Å². The molecule has 1 aliphatic rings. The monoisotopic (exact) mass is 447 g/mol. The van der Waals surface area contributed by atoms with E-state index >= 15 is 0 Å². The van der Waals surface area contributed by atoms with E-state index in [1.54, 1.807) is 12.1 Å². The van der Waals surface area contributed by atoms with Gasteiger partial charge in [0.2, 0.25) is 0 Å². The van der Waals surface area contributed by atoms with Crippen molar-refractivity contribution < 1.29 is 29.9 Å². The van der Waals surface area contributed by atoms with E-state index < -0.39 is 37.1 Å². The molecule has 0 spiro atoms. The Morgan fingerprint density at radius 3 is 2.45 bits per heavy atom. The van der Waals surface area contributed by atoms with Crippen molar-refractivity contribution in [1.29, 1.82) is 0 Å². The lowest BCUT2D eigenvalue weighted by Crippen LogP contribution is -2.55. The highest BCUT2D eigenvalue weighted by molar-refractivity contribution is 6.31. The molecule has 4 rings (SSSR count). The standard InChI is InChI=1S/C23H26ClNO6/c1-2-30-15-6-3-13(4-7-15)10-25-11-17(16-9-14(24)5-8-18(16)25)23-22(29)21(28)20(27)19(12-26)31-23/h3-9,11,19-23,26-29H,2,10,12H2,1H3/t19-,20-,21+,22-,23+/m1/s1. The number of fused-ring (bicyclic) bond motifs is 1. The van der Waals surface area contributed by atoms with Crippen LogP contribution in [0.1, 0.15) is 24.2 Å². The summed E-state index contributed by atoms with van der Waals surface area (Å²) in [4.78, 5) is 0. The highest BCUT2D eigenvalue weighted by atomic mass is 35.5. The molecule has 8 heteroatoms. The lowest BCUT2D eigenvalue weighted by molar-refractivity contribution is -0.231. The van der Waals surface area contributed by atoms with Crippen LogP contribution in [0.25, 0.3) is 10.9 Å². The van der Waals surface area contributed by atoms with Crippen LogP contribution in [-0.2, 0) is 11.3 Å². The van der Waals surface area contributed by atoms with E-state index in [1.807, 2.05) is 48.0 Å². The van der Waals surface area contributed by atoms with Gasteiger partial charge in [-0.05, 0) is 42.8 Å². The lowest BCUT2D eigenvalue weighted by Gasteiger charge is -2.40. The van der Waals surface area contributed by atoms with Crippen LogP contribution >= 0.6 is 11.6 Å². The number of benzene rings is 2. The van der Waals surface area contributed by atoms with E-state index in [1.165, 1.54) is 0 Å². The van der Waals surface area contributed by atoms with Crippen molar-refractivity contribution in [2.24, 2.45) is 0 Å². The maximum absolute atomic E-state index is 10.6. The molecule has 0 radical (unpaired) electrons. The number of halogens is 1. The number of rotatable bonds is 6. The summed E-state index contributed by atoms with van der Waals surface area (Å²) in [6, 6.07) is 13.3. The number of hydrogen-bond acceptors (Lipinski definition) is 6. The van der Waals surface area contributed by atoms with Gasteiger partial charge in [-0.15, -0.1) is 0 Å². The van der Waals surface area contributed by atoms with E-state index in [2.05, 4.69) is 0 Å². The topological polar surface area (TPSA) is 104 Å². The first-order valence-corrected chi connectivity index (χ1v) is 10.6. The van der Waals surface area contributed by atoms with Gasteiger partial charge in [0.15, 0.2) is 0 Å². The van der Waals surface area contributed by atoms with E-state index in [0.29, 0.717) is 23.7 Å². The largest absolute Gasteiger partial charge is 0.494 e. The minimum Gasteiger partial charge on any atom is -0.494 e. The zero-order valence-corrected chi connectivity index (χ0v) is 17.8. The zero-order chi connectivity index (χ0) is 22.1. The van der Waals surface area contributed by atoms with E-state index in [4.69, 9.17) is 21.1 Å². The molecular formula is C23H26ClNO6. The fourth-order valence-electron chi connectivity index (χ4n) is 4.07. The quantitative estimate of drug-likeness (QED) is 0.462. The Labute approximate surface area is 185 Å². The minimum atomic E-state index is -1.44. The fourth-order valence-corrected chi connectivity index (χ4v) is 4.24. The highest BCUT2D eigenvalue weighted by Crippen LogP contribution is 2.38. The van der Waals surface area contributed by atoms with Crippen LogP contribution < -0.4 is 4.74 Å². The first-order chi connectivity index (χ1) is 14.9. The van der Waals surface area contributed by atoms with Crippen LogP contribution in [-0.4, -0.2) is 62.6 Å². The van der Waals surface area contributed by atoms with Crippen LogP contribution in [0.2, 0.25) is 5.02 Å². The Morgan fingerprint density at radius 1 is 1.03 bits per heavy atom. The first-order valence-electron chi connectivity index (χ1n) is 10.2. The molecule has 3 aromatic rings. The number of hydrogen-bond donors (Lipinski definition) is 4. The van der Waals surface area contributed by atoms with Crippen molar-refractivity contribution in [2.45, 2.75) is 44.0 Å². The van der Waals surface area contributed by atoms with Gasteiger partial charge in [0.05, 0.1) is 13.2 Å². The van der Waals surface area contributed by atoms with Crippen LogP contribution in [0.5, 0.6) is 5.75 Å². The van der Waals surface area contributed by atoms with Crippen LogP contribution in [0, 0.1) is 0 Å². The van der Waals surface area contributed by atoms with Crippen molar-refractivity contribution in [3.63, 3.8) is 0 Å². The van der Waals surface area contributed by atoms with Crippen LogP contribution in [0.15, 0.2) is 48.7 Å². The summed E-state index contributed by atoms with van der Waals surface area (Å²) in [5.74, 6) is 0.803. The Kier molecular flexibility index (Phi) is 6.52. The number of ether oxygens (including phenoxy) is 2. The lowest BCUT2D eigenvalue weighted by atomic mass is 9.91. The highest BCUT2D eigenvalue weighted by Gasteiger charge is 2.44. The molecule has 0 saturated carbocycles. The van der Waals surface area contributed by atoms with Crippen molar-refractivity contribution in [3.8, 4) is 5.75 Å². The second kappa shape index (κ2) is 9.16. The summed E-state index contributed by atoms with van der Waals surface area (Å²) in [6.07, 6.45) is -4.27. The summed E-state index contributed by atoms with van der Waals surface area (Å²) in [7, 11) is 0. The summed E-state index contributed by atoms with van der Waals surface area (Å²) in [5.41, 5.74) is 2.56. The van der Waals surface area contributed by atoms with Gasteiger partial charge in [0.1, 0.15) is 36.3 Å². The maximum Gasteiger partial charge on any atom is 0.119 e. The van der Waals surface area contributed by atoms with Crippen molar-refractivity contribution in [1.82, 2.24) is 4.57 Å². The van der Waals surface area contributed by atoms with Crippen molar-refractivity contribution >= 4 is 22.5 Å². The molecule has 1 fully saturated rings. The van der Waals surface area contributed by atoms with E-state index in [0.717, 1.165) is 22.2 Å². The van der Waals surface area contributed by atoms with Gasteiger partial charge < -0.3 is 34.5 Å². The molecule has 5 atom stereocenters. The molecular weight excluding hydrogens is 422 g/mol. The van der Waals surface area contributed by atoms with E-state index in [-0.39, 0.29) is 0 Å².